The van der Waals surface area contributed by atoms with E-state index in [-0.39, 0.29) is 5.91 Å². The standard InChI is InChI=1S/C21H20N4O/c1-13-8-9-17-15(10-13)16(11-14(2)23-17)21(26)22-12-20-24-18-6-4-5-7-19(18)25(20)3/h4-11H,12H2,1-3H3,(H,22,26). The molecule has 2 heterocycles. The Morgan fingerprint density at radius 3 is 2.65 bits per heavy atom. The Hall–Kier alpha value is -3.21. The molecule has 0 spiro atoms. The third kappa shape index (κ3) is 2.81. The van der Waals surface area contributed by atoms with Gasteiger partial charge in [0.25, 0.3) is 5.91 Å². The highest BCUT2D eigenvalue weighted by atomic mass is 16.1. The maximum absolute atomic E-state index is 12.8. The summed E-state index contributed by atoms with van der Waals surface area (Å²) in [4.78, 5) is 22.0. The number of carbonyl (C=O) groups excluding carboxylic acids is 1. The third-order valence-corrected chi connectivity index (χ3v) is 4.62. The Labute approximate surface area is 151 Å². The molecule has 0 aliphatic heterocycles. The van der Waals surface area contributed by atoms with E-state index in [4.69, 9.17) is 0 Å². The maximum Gasteiger partial charge on any atom is 0.252 e. The summed E-state index contributed by atoms with van der Waals surface area (Å²) in [5.41, 5.74) is 5.40. The van der Waals surface area contributed by atoms with Crippen molar-refractivity contribution in [3.63, 3.8) is 0 Å². The molecule has 0 saturated carbocycles. The number of hydrogen-bond acceptors (Lipinski definition) is 3. The number of rotatable bonds is 3. The summed E-state index contributed by atoms with van der Waals surface area (Å²) in [5.74, 6) is 0.712. The molecular formula is C21H20N4O. The normalized spacial score (nSPS) is 11.2. The predicted molar refractivity (Wildman–Crippen MR) is 103 cm³/mol. The van der Waals surface area contributed by atoms with Gasteiger partial charge in [-0.3, -0.25) is 9.78 Å². The molecule has 26 heavy (non-hydrogen) atoms. The van der Waals surface area contributed by atoms with E-state index in [1.807, 2.05) is 74.0 Å². The van der Waals surface area contributed by atoms with Crippen molar-refractivity contribution in [2.45, 2.75) is 20.4 Å². The number of imidazole rings is 1. The van der Waals surface area contributed by atoms with Gasteiger partial charge in [-0.2, -0.15) is 0 Å². The number of nitrogens with zero attached hydrogens (tertiary/aromatic N) is 3. The fourth-order valence-corrected chi connectivity index (χ4v) is 3.27. The van der Waals surface area contributed by atoms with Gasteiger partial charge in [-0.1, -0.05) is 23.8 Å². The molecule has 0 radical (unpaired) electrons. The summed E-state index contributed by atoms with van der Waals surface area (Å²) < 4.78 is 2.01. The predicted octanol–water partition coefficient (Wildman–Crippen LogP) is 3.67. The van der Waals surface area contributed by atoms with Crippen LogP contribution in [0.5, 0.6) is 0 Å². The molecule has 5 heteroatoms. The zero-order valence-corrected chi connectivity index (χ0v) is 15.1. The molecule has 1 amide bonds. The second-order valence-electron chi connectivity index (χ2n) is 6.59. The largest absolute Gasteiger partial charge is 0.345 e. The van der Waals surface area contributed by atoms with Crippen molar-refractivity contribution in [2.24, 2.45) is 7.05 Å². The van der Waals surface area contributed by atoms with Crippen LogP contribution >= 0.6 is 0 Å². The van der Waals surface area contributed by atoms with Crippen LogP contribution in [0, 0.1) is 13.8 Å². The first-order valence-corrected chi connectivity index (χ1v) is 8.59. The van der Waals surface area contributed by atoms with Gasteiger partial charge in [0, 0.05) is 18.1 Å². The van der Waals surface area contributed by atoms with Gasteiger partial charge < -0.3 is 9.88 Å². The Balaban J connectivity index is 1.65. The minimum absolute atomic E-state index is 0.113. The van der Waals surface area contributed by atoms with E-state index < -0.39 is 0 Å². The highest BCUT2D eigenvalue weighted by Gasteiger charge is 2.14. The van der Waals surface area contributed by atoms with Crippen LogP contribution in [0.3, 0.4) is 0 Å². The zero-order valence-electron chi connectivity index (χ0n) is 15.1. The Morgan fingerprint density at radius 1 is 1.04 bits per heavy atom. The summed E-state index contributed by atoms with van der Waals surface area (Å²) in [6.45, 7) is 4.29. The summed E-state index contributed by atoms with van der Waals surface area (Å²) in [5, 5.41) is 3.88. The van der Waals surface area contributed by atoms with Crippen molar-refractivity contribution >= 4 is 27.8 Å². The maximum atomic E-state index is 12.8. The van der Waals surface area contributed by atoms with Crippen molar-refractivity contribution < 1.29 is 4.79 Å². The van der Waals surface area contributed by atoms with Crippen LogP contribution in [-0.2, 0) is 13.6 Å². The van der Waals surface area contributed by atoms with Crippen molar-refractivity contribution in [2.75, 3.05) is 0 Å². The van der Waals surface area contributed by atoms with Gasteiger partial charge in [0.2, 0.25) is 0 Å². The molecule has 2 aromatic heterocycles. The van der Waals surface area contributed by atoms with E-state index in [9.17, 15) is 4.79 Å². The van der Waals surface area contributed by atoms with Gasteiger partial charge in [0.05, 0.1) is 28.7 Å². The van der Waals surface area contributed by atoms with Gasteiger partial charge in [-0.25, -0.2) is 4.98 Å². The SMILES string of the molecule is Cc1ccc2nc(C)cc(C(=O)NCc3nc4ccccc4n3C)c2c1. The molecule has 4 aromatic rings. The minimum atomic E-state index is -0.113. The highest BCUT2D eigenvalue weighted by Crippen LogP contribution is 2.20. The number of nitrogens with one attached hydrogen (secondary N) is 1. The summed E-state index contributed by atoms with van der Waals surface area (Å²) in [6, 6.07) is 15.8. The molecule has 0 bridgehead atoms. The molecule has 2 aromatic carbocycles. The fourth-order valence-electron chi connectivity index (χ4n) is 3.27. The number of aromatic nitrogens is 3. The number of pyridine rings is 1. The zero-order chi connectivity index (χ0) is 18.3. The Morgan fingerprint density at radius 2 is 1.85 bits per heavy atom. The number of para-hydroxylation sites is 2. The second kappa shape index (κ2) is 6.26. The topological polar surface area (TPSA) is 59.8 Å². The third-order valence-electron chi connectivity index (χ3n) is 4.62. The average molecular weight is 344 g/mol. The van der Waals surface area contributed by atoms with Crippen LogP contribution in [0.25, 0.3) is 21.9 Å². The lowest BCUT2D eigenvalue weighted by molar-refractivity contribution is 0.0951. The van der Waals surface area contributed by atoms with Crippen LogP contribution in [0.2, 0.25) is 0 Å². The number of carbonyl (C=O) groups is 1. The number of aryl methyl sites for hydroxylation is 3. The first-order chi connectivity index (χ1) is 12.5. The molecule has 1 N–H and O–H groups in total. The van der Waals surface area contributed by atoms with Gasteiger partial charge >= 0.3 is 0 Å². The second-order valence-corrected chi connectivity index (χ2v) is 6.59. The Kier molecular flexibility index (Phi) is 3.92. The lowest BCUT2D eigenvalue weighted by atomic mass is 10.0. The molecule has 0 saturated heterocycles. The van der Waals surface area contributed by atoms with Crippen molar-refractivity contribution in [3.05, 3.63) is 71.2 Å². The number of benzene rings is 2. The molecule has 4 rings (SSSR count). The van der Waals surface area contributed by atoms with Crippen molar-refractivity contribution in [1.29, 1.82) is 0 Å². The van der Waals surface area contributed by atoms with Gasteiger partial charge in [0.15, 0.2) is 0 Å². The van der Waals surface area contributed by atoms with Crippen molar-refractivity contribution in [1.82, 2.24) is 19.9 Å². The molecule has 130 valence electrons. The van der Waals surface area contributed by atoms with E-state index in [0.717, 1.165) is 39.0 Å². The van der Waals surface area contributed by atoms with E-state index in [2.05, 4.69) is 15.3 Å². The lowest BCUT2D eigenvalue weighted by Gasteiger charge is -2.10. The first kappa shape index (κ1) is 16.3. The molecule has 0 fully saturated rings. The Bertz CT molecular complexity index is 1140. The van der Waals surface area contributed by atoms with Crippen LogP contribution < -0.4 is 5.32 Å². The van der Waals surface area contributed by atoms with Gasteiger partial charge in [-0.05, 0) is 44.2 Å². The number of amides is 1. The van der Waals surface area contributed by atoms with Crippen LogP contribution in [0.1, 0.15) is 27.4 Å². The lowest BCUT2D eigenvalue weighted by Crippen LogP contribution is -2.25. The molecule has 0 atom stereocenters. The minimum Gasteiger partial charge on any atom is -0.345 e. The van der Waals surface area contributed by atoms with Crippen molar-refractivity contribution in [3.8, 4) is 0 Å². The molecule has 0 unspecified atom stereocenters. The smallest absolute Gasteiger partial charge is 0.252 e. The monoisotopic (exact) mass is 344 g/mol. The van der Waals surface area contributed by atoms with Crippen LogP contribution in [0.4, 0.5) is 0 Å². The van der Waals surface area contributed by atoms with Gasteiger partial charge in [0.1, 0.15) is 5.82 Å². The summed E-state index contributed by atoms with van der Waals surface area (Å²) >= 11 is 0. The fraction of sp³-hybridized carbons (Fsp3) is 0.190. The van der Waals surface area contributed by atoms with Crippen LogP contribution in [-0.4, -0.2) is 20.4 Å². The molecule has 5 nitrogen and oxygen atoms in total. The number of hydrogen-bond donors (Lipinski definition) is 1. The number of fused-ring (bicyclic) bond motifs is 2. The molecule has 0 aliphatic rings. The van der Waals surface area contributed by atoms with Gasteiger partial charge in [-0.15, -0.1) is 0 Å². The van der Waals surface area contributed by atoms with E-state index in [1.165, 1.54) is 0 Å². The molecular weight excluding hydrogens is 324 g/mol. The van der Waals surface area contributed by atoms with Crippen LogP contribution in [0.15, 0.2) is 48.5 Å². The van der Waals surface area contributed by atoms with E-state index in [0.29, 0.717) is 12.1 Å². The first-order valence-electron chi connectivity index (χ1n) is 8.59. The summed E-state index contributed by atoms with van der Waals surface area (Å²) in [7, 11) is 1.96. The van der Waals surface area contributed by atoms with E-state index in [1.54, 1.807) is 0 Å². The summed E-state index contributed by atoms with van der Waals surface area (Å²) in [6.07, 6.45) is 0. The van der Waals surface area contributed by atoms with E-state index >= 15 is 0 Å². The molecule has 0 aliphatic carbocycles. The average Bonchev–Trinajstić information content (AvgIpc) is 2.95. The quantitative estimate of drug-likeness (QED) is 0.617. The highest BCUT2D eigenvalue weighted by molar-refractivity contribution is 6.06.